The van der Waals surface area contributed by atoms with Gasteiger partial charge in [-0.3, -0.25) is 0 Å². The second-order valence-corrected chi connectivity index (χ2v) is 7.02. The SMILES string of the molecule is CC1(C)CC(C)(C)CC(C)(C)C1.CO. The second-order valence-electron chi connectivity index (χ2n) is 7.02. The first kappa shape index (κ1) is 14.0. The minimum Gasteiger partial charge on any atom is -0.400 e. The number of aliphatic hydroxyl groups excluding tert-OH is 1. The predicted octanol–water partition coefficient (Wildman–Crippen LogP) is 3.86. The minimum absolute atomic E-state index is 0.547. The average molecular weight is 200 g/mol. The highest BCUT2D eigenvalue weighted by Gasteiger charge is 2.41. The summed E-state index contributed by atoms with van der Waals surface area (Å²) in [6, 6.07) is 0. The van der Waals surface area contributed by atoms with Gasteiger partial charge in [0, 0.05) is 7.11 Å². The minimum atomic E-state index is 0.547. The molecular weight excluding hydrogens is 172 g/mol. The van der Waals surface area contributed by atoms with Gasteiger partial charge in [-0.05, 0) is 35.5 Å². The molecule has 0 aromatic heterocycles. The van der Waals surface area contributed by atoms with E-state index in [0.717, 1.165) is 7.11 Å². The molecule has 1 rings (SSSR count). The van der Waals surface area contributed by atoms with Crippen LogP contribution in [0.1, 0.15) is 60.8 Å². The Morgan fingerprint density at radius 1 is 0.571 bits per heavy atom. The van der Waals surface area contributed by atoms with Crippen LogP contribution in [0.15, 0.2) is 0 Å². The summed E-state index contributed by atoms with van der Waals surface area (Å²) in [6.07, 6.45) is 4.14. The van der Waals surface area contributed by atoms with Gasteiger partial charge in [-0.2, -0.15) is 0 Å². The molecule has 0 spiro atoms. The summed E-state index contributed by atoms with van der Waals surface area (Å²) in [5.41, 5.74) is 1.64. The third kappa shape index (κ3) is 4.45. The van der Waals surface area contributed by atoms with Gasteiger partial charge in [0.05, 0.1) is 0 Å². The molecule has 1 saturated carbocycles. The van der Waals surface area contributed by atoms with Gasteiger partial charge < -0.3 is 5.11 Å². The Labute approximate surface area is 89.9 Å². The van der Waals surface area contributed by atoms with Crippen LogP contribution in [0.2, 0.25) is 0 Å². The molecule has 0 atom stereocenters. The average Bonchev–Trinajstić information content (AvgIpc) is 1.79. The summed E-state index contributed by atoms with van der Waals surface area (Å²) in [5.74, 6) is 0. The van der Waals surface area contributed by atoms with E-state index >= 15 is 0 Å². The normalized spacial score (nSPS) is 27.4. The van der Waals surface area contributed by atoms with Gasteiger partial charge in [0.25, 0.3) is 0 Å². The van der Waals surface area contributed by atoms with Crippen molar-refractivity contribution in [3.8, 4) is 0 Å². The van der Waals surface area contributed by atoms with Crippen LogP contribution in [0.3, 0.4) is 0 Å². The van der Waals surface area contributed by atoms with Crippen molar-refractivity contribution in [2.75, 3.05) is 7.11 Å². The lowest BCUT2D eigenvalue weighted by Gasteiger charge is -2.49. The number of hydrogen-bond acceptors (Lipinski definition) is 1. The summed E-state index contributed by atoms with van der Waals surface area (Å²) in [7, 11) is 1.00. The molecule has 0 aliphatic heterocycles. The van der Waals surface area contributed by atoms with Crippen LogP contribution in [-0.2, 0) is 0 Å². The number of aliphatic hydroxyl groups is 1. The Bertz CT molecular complexity index is 132. The molecule has 1 heteroatoms. The molecule has 0 heterocycles. The maximum atomic E-state index is 7.00. The first-order valence-electron chi connectivity index (χ1n) is 5.57. The molecular formula is C13H28O. The molecule has 86 valence electrons. The van der Waals surface area contributed by atoms with E-state index in [1.54, 1.807) is 0 Å². The van der Waals surface area contributed by atoms with E-state index in [9.17, 15) is 0 Å². The van der Waals surface area contributed by atoms with E-state index < -0.39 is 0 Å². The fourth-order valence-electron chi connectivity index (χ4n) is 4.07. The second kappa shape index (κ2) is 4.22. The summed E-state index contributed by atoms with van der Waals surface area (Å²) >= 11 is 0. The maximum Gasteiger partial charge on any atom is 0.0319 e. The maximum absolute atomic E-state index is 7.00. The Kier molecular flexibility index (Phi) is 4.21. The highest BCUT2D eigenvalue weighted by Crippen LogP contribution is 2.53. The molecule has 1 aliphatic carbocycles. The Balaban J connectivity index is 0.000000791. The van der Waals surface area contributed by atoms with Gasteiger partial charge in [-0.25, -0.2) is 0 Å². The standard InChI is InChI=1S/C12H24.CH4O/c1-10(2)7-11(3,4)9-12(5,6)8-10;1-2/h7-9H2,1-6H3;2H,1H3. The van der Waals surface area contributed by atoms with E-state index in [-0.39, 0.29) is 0 Å². The van der Waals surface area contributed by atoms with Crippen LogP contribution in [0.25, 0.3) is 0 Å². The molecule has 1 N–H and O–H groups in total. The Morgan fingerprint density at radius 3 is 0.857 bits per heavy atom. The van der Waals surface area contributed by atoms with Crippen LogP contribution >= 0.6 is 0 Å². The van der Waals surface area contributed by atoms with Crippen molar-refractivity contribution < 1.29 is 5.11 Å². The lowest BCUT2D eigenvalue weighted by molar-refractivity contribution is 0.0203. The van der Waals surface area contributed by atoms with E-state index in [1.165, 1.54) is 19.3 Å². The number of hydrogen-bond donors (Lipinski definition) is 1. The van der Waals surface area contributed by atoms with Crippen LogP contribution in [0.4, 0.5) is 0 Å². The van der Waals surface area contributed by atoms with E-state index in [2.05, 4.69) is 41.5 Å². The van der Waals surface area contributed by atoms with Crippen molar-refractivity contribution in [2.24, 2.45) is 16.2 Å². The van der Waals surface area contributed by atoms with Crippen molar-refractivity contribution >= 4 is 0 Å². The molecule has 0 aromatic rings. The van der Waals surface area contributed by atoms with Crippen molar-refractivity contribution in [1.29, 1.82) is 0 Å². The number of rotatable bonds is 0. The zero-order valence-electron chi connectivity index (χ0n) is 11.1. The highest BCUT2D eigenvalue weighted by molar-refractivity contribution is 4.92. The fourth-order valence-corrected chi connectivity index (χ4v) is 4.07. The van der Waals surface area contributed by atoms with Crippen molar-refractivity contribution in [1.82, 2.24) is 0 Å². The third-order valence-corrected chi connectivity index (χ3v) is 2.87. The van der Waals surface area contributed by atoms with Gasteiger partial charge >= 0.3 is 0 Å². The lowest BCUT2D eigenvalue weighted by Crippen LogP contribution is -2.38. The Hall–Kier alpha value is -0.0400. The summed E-state index contributed by atoms with van der Waals surface area (Å²) in [5, 5.41) is 7.00. The molecule has 0 bridgehead atoms. The Morgan fingerprint density at radius 2 is 0.714 bits per heavy atom. The predicted molar refractivity (Wildman–Crippen MR) is 63.3 cm³/mol. The zero-order valence-corrected chi connectivity index (χ0v) is 11.1. The van der Waals surface area contributed by atoms with Crippen LogP contribution < -0.4 is 0 Å². The molecule has 0 aromatic carbocycles. The first-order valence-corrected chi connectivity index (χ1v) is 5.57. The van der Waals surface area contributed by atoms with E-state index in [4.69, 9.17) is 5.11 Å². The van der Waals surface area contributed by atoms with Gasteiger partial charge in [-0.15, -0.1) is 0 Å². The van der Waals surface area contributed by atoms with Gasteiger partial charge in [0.1, 0.15) is 0 Å². The van der Waals surface area contributed by atoms with Crippen molar-refractivity contribution in [3.63, 3.8) is 0 Å². The van der Waals surface area contributed by atoms with Crippen molar-refractivity contribution in [2.45, 2.75) is 60.8 Å². The molecule has 14 heavy (non-hydrogen) atoms. The first-order chi connectivity index (χ1) is 6.12. The van der Waals surface area contributed by atoms with Crippen LogP contribution in [0.5, 0.6) is 0 Å². The molecule has 1 fully saturated rings. The lowest BCUT2D eigenvalue weighted by atomic mass is 9.56. The largest absolute Gasteiger partial charge is 0.400 e. The van der Waals surface area contributed by atoms with Crippen molar-refractivity contribution in [3.05, 3.63) is 0 Å². The molecule has 0 saturated heterocycles. The summed E-state index contributed by atoms with van der Waals surface area (Å²) in [6.45, 7) is 14.5. The smallest absolute Gasteiger partial charge is 0.0319 e. The van der Waals surface area contributed by atoms with Crippen LogP contribution in [0, 0.1) is 16.2 Å². The quantitative estimate of drug-likeness (QED) is 0.629. The topological polar surface area (TPSA) is 20.2 Å². The molecule has 0 amide bonds. The summed E-state index contributed by atoms with van der Waals surface area (Å²) in [4.78, 5) is 0. The van der Waals surface area contributed by atoms with Gasteiger partial charge in [0.15, 0.2) is 0 Å². The zero-order chi connectivity index (χ0) is 11.6. The monoisotopic (exact) mass is 200 g/mol. The molecule has 0 unspecified atom stereocenters. The van der Waals surface area contributed by atoms with Crippen LogP contribution in [-0.4, -0.2) is 12.2 Å². The molecule has 1 aliphatic rings. The van der Waals surface area contributed by atoms with Gasteiger partial charge in [-0.1, -0.05) is 41.5 Å². The van der Waals surface area contributed by atoms with Gasteiger partial charge in [0.2, 0.25) is 0 Å². The summed E-state index contributed by atoms with van der Waals surface area (Å²) < 4.78 is 0. The third-order valence-electron chi connectivity index (χ3n) is 2.87. The van der Waals surface area contributed by atoms with E-state index in [0.29, 0.717) is 16.2 Å². The fraction of sp³-hybridized carbons (Fsp3) is 1.00. The highest BCUT2D eigenvalue weighted by atomic mass is 16.2. The molecule has 1 nitrogen and oxygen atoms in total. The van der Waals surface area contributed by atoms with E-state index in [1.807, 2.05) is 0 Å². The molecule has 0 radical (unpaired) electrons.